The molecule has 0 heterocycles. The molecule has 0 N–H and O–H groups in total. The van der Waals surface area contributed by atoms with Crippen molar-refractivity contribution in [1.82, 2.24) is 0 Å². The molecule has 1 nitrogen and oxygen atoms in total. The summed E-state index contributed by atoms with van der Waals surface area (Å²) in [5, 5.41) is 0. The molecule has 3 aromatic rings. The molecular weight excluding hydrogens is 304 g/mol. The number of benzene rings is 3. The van der Waals surface area contributed by atoms with Crippen LogP contribution in [0.3, 0.4) is 0 Å². The maximum absolute atomic E-state index is 6.84. The van der Waals surface area contributed by atoms with Crippen molar-refractivity contribution in [3.63, 3.8) is 0 Å². The Labute approximate surface area is 149 Å². The van der Waals surface area contributed by atoms with Crippen LogP contribution in [0.1, 0.15) is 23.1 Å². The molecule has 0 aliphatic heterocycles. The Hall–Kier alpha value is -2.64. The summed E-state index contributed by atoms with van der Waals surface area (Å²) in [5.41, 5.74) is 2.86. The van der Waals surface area contributed by atoms with E-state index in [0.717, 1.165) is 23.1 Å². The molecule has 124 valence electrons. The van der Waals surface area contributed by atoms with Crippen LogP contribution in [0.2, 0.25) is 0 Å². The lowest BCUT2D eigenvalue weighted by atomic mass is 9.80. The highest BCUT2D eigenvalue weighted by atomic mass is 16.5. The summed E-state index contributed by atoms with van der Waals surface area (Å²) in [5.74, 6) is 0.440. The van der Waals surface area contributed by atoms with Gasteiger partial charge >= 0.3 is 0 Å². The van der Waals surface area contributed by atoms with Gasteiger partial charge in [-0.05, 0) is 23.1 Å². The van der Waals surface area contributed by atoms with Crippen LogP contribution in [0.15, 0.2) is 104 Å². The van der Waals surface area contributed by atoms with E-state index in [4.69, 9.17) is 4.74 Å². The fraction of sp³-hybridized carbons (Fsp3) is 0.167. The van der Waals surface area contributed by atoms with E-state index in [-0.39, 0.29) is 6.10 Å². The van der Waals surface area contributed by atoms with Gasteiger partial charge in [0.2, 0.25) is 0 Å². The fourth-order valence-electron chi connectivity index (χ4n) is 3.52. The minimum atomic E-state index is -0.605. The van der Waals surface area contributed by atoms with E-state index in [1.54, 1.807) is 0 Å². The van der Waals surface area contributed by atoms with Gasteiger partial charge < -0.3 is 4.74 Å². The second-order valence-corrected chi connectivity index (χ2v) is 6.57. The van der Waals surface area contributed by atoms with Crippen LogP contribution >= 0.6 is 0 Å². The summed E-state index contributed by atoms with van der Waals surface area (Å²) < 4.78 is 6.84. The van der Waals surface area contributed by atoms with Gasteiger partial charge in [-0.3, -0.25) is 0 Å². The molecule has 0 bridgehead atoms. The Bertz CT molecular complexity index is 727. The summed E-state index contributed by atoms with van der Waals surface area (Å²) in [6, 6.07) is 31.6. The van der Waals surface area contributed by atoms with Crippen LogP contribution in [0.5, 0.6) is 0 Å². The topological polar surface area (TPSA) is 9.23 Å². The molecule has 0 amide bonds. The zero-order valence-corrected chi connectivity index (χ0v) is 14.2. The highest BCUT2D eigenvalue weighted by Gasteiger charge is 2.46. The van der Waals surface area contributed by atoms with Crippen molar-refractivity contribution in [2.45, 2.75) is 18.1 Å². The second-order valence-electron chi connectivity index (χ2n) is 6.57. The Morgan fingerprint density at radius 2 is 1.12 bits per heavy atom. The van der Waals surface area contributed by atoms with Gasteiger partial charge in [0.1, 0.15) is 5.60 Å². The molecule has 0 aromatic heterocycles. The lowest BCUT2D eigenvalue weighted by Gasteiger charge is -2.36. The SMILES string of the molecule is C=CC1CC1OC(c1ccccc1)(c1ccccc1)c1ccccc1. The lowest BCUT2D eigenvalue weighted by Crippen LogP contribution is -2.34. The Morgan fingerprint density at radius 1 is 0.720 bits per heavy atom. The van der Waals surface area contributed by atoms with Gasteiger partial charge in [-0.1, -0.05) is 97.1 Å². The van der Waals surface area contributed by atoms with Crippen molar-refractivity contribution >= 4 is 0 Å². The van der Waals surface area contributed by atoms with Crippen molar-refractivity contribution in [2.75, 3.05) is 0 Å². The van der Waals surface area contributed by atoms with Crippen LogP contribution in [0, 0.1) is 5.92 Å². The van der Waals surface area contributed by atoms with E-state index < -0.39 is 5.60 Å². The maximum Gasteiger partial charge on any atom is 0.144 e. The lowest BCUT2D eigenvalue weighted by molar-refractivity contribution is -0.00447. The van der Waals surface area contributed by atoms with Crippen LogP contribution in [0.25, 0.3) is 0 Å². The molecule has 1 fully saturated rings. The van der Waals surface area contributed by atoms with Crippen molar-refractivity contribution in [3.8, 4) is 0 Å². The quantitative estimate of drug-likeness (QED) is 0.425. The maximum atomic E-state index is 6.84. The first kappa shape index (κ1) is 15.9. The summed E-state index contributed by atoms with van der Waals surface area (Å²) in [4.78, 5) is 0. The van der Waals surface area contributed by atoms with Crippen LogP contribution in [-0.4, -0.2) is 6.10 Å². The zero-order chi connectivity index (χ0) is 17.1. The normalized spacial score (nSPS) is 19.4. The molecular formula is C24H22O. The van der Waals surface area contributed by atoms with Crippen molar-refractivity contribution in [2.24, 2.45) is 5.92 Å². The van der Waals surface area contributed by atoms with Crippen LogP contribution in [0.4, 0.5) is 0 Å². The summed E-state index contributed by atoms with van der Waals surface area (Å²) >= 11 is 0. The van der Waals surface area contributed by atoms with Gasteiger partial charge in [0.15, 0.2) is 0 Å². The molecule has 2 unspecified atom stereocenters. The first-order chi connectivity index (χ1) is 12.3. The highest BCUT2D eigenvalue weighted by Crippen LogP contribution is 2.47. The van der Waals surface area contributed by atoms with E-state index in [9.17, 15) is 0 Å². The molecule has 1 aliphatic rings. The minimum Gasteiger partial charge on any atom is -0.357 e. The molecule has 1 saturated carbocycles. The van der Waals surface area contributed by atoms with Crippen molar-refractivity contribution in [3.05, 3.63) is 120 Å². The molecule has 2 atom stereocenters. The van der Waals surface area contributed by atoms with Gasteiger partial charge in [-0.25, -0.2) is 0 Å². The van der Waals surface area contributed by atoms with E-state index in [2.05, 4.69) is 79.4 Å². The number of hydrogen-bond acceptors (Lipinski definition) is 1. The smallest absolute Gasteiger partial charge is 0.144 e. The van der Waals surface area contributed by atoms with E-state index in [0.29, 0.717) is 5.92 Å². The molecule has 0 spiro atoms. The average molecular weight is 326 g/mol. The monoisotopic (exact) mass is 326 g/mol. The Morgan fingerprint density at radius 3 is 1.44 bits per heavy atom. The average Bonchev–Trinajstić information content (AvgIpc) is 3.46. The van der Waals surface area contributed by atoms with Crippen LogP contribution < -0.4 is 0 Å². The molecule has 0 saturated heterocycles. The fourth-order valence-corrected chi connectivity index (χ4v) is 3.52. The standard InChI is InChI=1S/C24H22O/c1-2-19-18-23(19)25-24(20-12-6-3-7-13-20,21-14-8-4-9-15-21)22-16-10-5-11-17-22/h2-17,19,23H,1,18H2. The Balaban J connectivity index is 1.93. The molecule has 1 aliphatic carbocycles. The van der Waals surface area contributed by atoms with E-state index in [1.807, 2.05) is 24.3 Å². The van der Waals surface area contributed by atoms with Gasteiger partial charge in [-0.2, -0.15) is 0 Å². The summed E-state index contributed by atoms with van der Waals surface area (Å²) in [7, 11) is 0. The first-order valence-corrected chi connectivity index (χ1v) is 8.81. The Kier molecular flexibility index (Phi) is 4.25. The highest BCUT2D eigenvalue weighted by molar-refractivity contribution is 5.47. The largest absolute Gasteiger partial charge is 0.357 e. The van der Waals surface area contributed by atoms with Gasteiger partial charge in [0.25, 0.3) is 0 Å². The number of hydrogen-bond donors (Lipinski definition) is 0. The van der Waals surface area contributed by atoms with Crippen molar-refractivity contribution < 1.29 is 4.74 Å². The summed E-state index contributed by atoms with van der Waals surface area (Å²) in [6.45, 7) is 3.94. The predicted octanol–water partition coefficient (Wildman–Crippen LogP) is 5.57. The first-order valence-electron chi connectivity index (χ1n) is 8.81. The van der Waals surface area contributed by atoms with Crippen molar-refractivity contribution in [1.29, 1.82) is 0 Å². The number of ether oxygens (including phenoxy) is 1. The molecule has 1 heteroatoms. The van der Waals surface area contributed by atoms with Crippen LogP contribution in [-0.2, 0) is 10.3 Å². The second kappa shape index (κ2) is 6.70. The van der Waals surface area contributed by atoms with E-state index >= 15 is 0 Å². The molecule has 25 heavy (non-hydrogen) atoms. The number of rotatable bonds is 6. The predicted molar refractivity (Wildman–Crippen MR) is 102 cm³/mol. The third-order valence-electron chi connectivity index (χ3n) is 4.95. The van der Waals surface area contributed by atoms with Gasteiger partial charge in [0.05, 0.1) is 6.10 Å². The third kappa shape index (κ3) is 2.92. The van der Waals surface area contributed by atoms with Gasteiger partial charge in [0, 0.05) is 5.92 Å². The van der Waals surface area contributed by atoms with E-state index in [1.165, 1.54) is 0 Å². The molecule has 3 aromatic carbocycles. The zero-order valence-electron chi connectivity index (χ0n) is 14.2. The molecule has 4 rings (SSSR count). The minimum absolute atomic E-state index is 0.207. The third-order valence-corrected chi connectivity index (χ3v) is 4.95. The molecule has 0 radical (unpaired) electrons. The summed E-state index contributed by atoms with van der Waals surface area (Å²) in [6.07, 6.45) is 3.26. The van der Waals surface area contributed by atoms with Gasteiger partial charge in [-0.15, -0.1) is 6.58 Å².